The first-order chi connectivity index (χ1) is 17.2. The van der Waals surface area contributed by atoms with E-state index >= 15 is 0 Å². The van der Waals surface area contributed by atoms with Gasteiger partial charge in [-0.05, 0) is 22.2 Å². The maximum absolute atomic E-state index is 12.6. The van der Waals surface area contributed by atoms with Crippen molar-refractivity contribution >= 4 is 6.09 Å². The molecule has 3 aromatic carbocycles. The van der Waals surface area contributed by atoms with Crippen LogP contribution < -0.4 is 0 Å². The third-order valence-corrected chi connectivity index (χ3v) is 6.15. The number of carbonyl (C=O) groups excluding carboxylic acids is 1. The Morgan fingerprint density at radius 2 is 1.49 bits per heavy atom. The Morgan fingerprint density at radius 3 is 1.94 bits per heavy atom. The Kier molecular flexibility index (Phi) is 7.69. The van der Waals surface area contributed by atoms with Crippen molar-refractivity contribution in [3.8, 4) is 12.3 Å². The van der Waals surface area contributed by atoms with E-state index in [1.165, 1.54) is 4.90 Å². The van der Waals surface area contributed by atoms with Crippen molar-refractivity contribution in [3.05, 3.63) is 118 Å². The fourth-order valence-electron chi connectivity index (χ4n) is 4.51. The molecule has 3 aromatic rings. The molecule has 0 radical (unpaired) electrons. The summed E-state index contributed by atoms with van der Waals surface area (Å²) in [6, 6.07) is 29.4. The molecule has 0 spiro atoms. The molecule has 35 heavy (non-hydrogen) atoms. The fraction of sp³-hybridized carbons (Fsp3) is 0.250. The molecule has 0 saturated carbocycles. The van der Waals surface area contributed by atoms with Crippen LogP contribution in [0, 0.1) is 12.3 Å². The lowest BCUT2D eigenvalue weighted by Crippen LogP contribution is -2.43. The lowest BCUT2D eigenvalue weighted by molar-refractivity contribution is -0.0368. The smallest absolute Gasteiger partial charge is 0.410 e. The van der Waals surface area contributed by atoms with Crippen molar-refractivity contribution < 1.29 is 14.3 Å². The first-order valence-corrected chi connectivity index (χ1v) is 11.4. The van der Waals surface area contributed by atoms with Crippen LogP contribution in [0.25, 0.3) is 10.4 Å². The highest BCUT2D eigenvalue weighted by molar-refractivity contribution is 5.70. The molecule has 1 fully saturated rings. The minimum atomic E-state index is -0.953. The largest absolute Gasteiger partial charge is 0.441 e. The molecule has 1 aliphatic rings. The van der Waals surface area contributed by atoms with Crippen LogP contribution in [0.15, 0.2) is 96.1 Å². The third-order valence-electron chi connectivity index (χ3n) is 6.15. The molecule has 1 aliphatic heterocycles. The molecule has 0 N–H and O–H groups in total. The summed E-state index contributed by atoms with van der Waals surface area (Å²) in [6.07, 6.45) is 4.65. The Balaban J connectivity index is 1.75. The number of azide groups is 1. The summed E-state index contributed by atoms with van der Waals surface area (Å²) in [6.45, 7) is 0.469. The molecule has 7 nitrogen and oxygen atoms in total. The summed E-state index contributed by atoms with van der Waals surface area (Å²) in [5, 5.41) is 3.72. The first kappa shape index (κ1) is 23.9. The molecule has 1 heterocycles. The van der Waals surface area contributed by atoms with Crippen LogP contribution in [0.4, 0.5) is 4.79 Å². The summed E-state index contributed by atoms with van der Waals surface area (Å²) in [5.41, 5.74) is 10.8. The van der Waals surface area contributed by atoms with E-state index in [0.29, 0.717) is 13.0 Å². The molecule has 0 bridgehead atoms. The predicted octanol–water partition coefficient (Wildman–Crippen LogP) is 5.52. The summed E-state index contributed by atoms with van der Waals surface area (Å²) >= 11 is 0. The number of nitrogens with zero attached hydrogens (tertiary/aromatic N) is 4. The Hall–Kier alpha value is -4.24. The van der Waals surface area contributed by atoms with Crippen LogP contribution in [0.2, 0.25) is 0 Å². The highest BCUT2D eigenvalue weighted by Gasteiger charge is 2.44. The maximum atomic E-state index is 12.6. The van der Waals surface area contributed by atoms with Crippen LogP contribution in [-0.2, 0) is 15.1 Å². The second kappa shape index (κ2) is 11.3. The highest BCUT2D eigenvalue weighted by atomic mass is 16.6. The van der Waals surface area contributed by atoms with Crippen molar-refractivity contribution in [3.63, 3.8) is 0 Å². The molecule has 7 heteroatoms. The maximum Gasteiger partial charge on any atom is 0.410 e. The van der Waals surface area contributed by atoms with Gasteiger partial charge >= 0.3 is 6.09 Å². The lowest BCUT2D eigenvalue weighted by atomic mass is 9.80. The van der Waals surface area contributed by atoms with Crippen molar-refractivity contribution in [2.75, 3.05) is 19.7 Å². The summed E-state index contributed by atoms with van der Waals surface area (Å²) < 4.78 is 12.5. The van der Waals surface area contributed by atoms with Gasteiger partial charge < -0.3 is 14.4 Å². The van der Waals surface area contributed by atoms with Crippen molar-refractivity contribution in [1.29, 1.82) is 0 Å². The van der Waals surface area contributed by atoms with Gasteiger partial charge in [0.05, 0.1) is 19.2 Å². The van der Waals surface area contributed by atoms with Crippen LogP contribution in [0.5, 0.6) is 0 Å². The van der Waals surface area contributed by atoms with E-state index in [0.717, 1.165) is 16.7 Å². The zero-order valence-corrected chi connectivity index (χ0v) is 19.2. The molecule has 2 atom stereocenters. The number of amides is 1. The van der Waals surface area contributed by atoms with Gasteiger partial charge in [0.25, 0.3) is 0 Å². The van der Waals surface area contributed by atoms with E-state index in [2.05, 4.69) is 15.9 Å². The van der Waals surface area contributed by atoms with Gasteiger partial charge in [0.2, 0.25) is 0 Å². The summed E-state index contributed by atoms with van der Waals surface area (Å²) in [7, 11) is 0. The van der Waals surface area contributed by atoms with Gasteiger partial charge in [0.15, 0.2) is 0 Å². The number of carbonyl (C=O) groups is 1. The van der Waals surface area contributed by atoms with E-state index in [-0.39, 0.29) is 13.2 Å². The van der Waals surface area contributed by atoms with E-state index in [1.54, 1.807) is 0 Å². The molecule has 1 amide bonds. The van der Waals surface area contributed by atoms with Gasteiger partial charge in [0.1, 0.15) is 11.7 Å². The van der Waals surface area contributed by atoms with Gasteiger partial charge in [-0.3, -0.25) is 0 Å². The fourth-order valence-corrected chi connectivity index (χ4v) is 4.51. The quantitative estimate of drug-likeness (QED) is 0.130. The van der Waals surface area contributed by atoms with Crippen LogP contribution >= 0.6 is 0 Å². The van der Waals surface area contributed by atoms with Crippen LogP contribution in [0.1, 0.15) is 23.1 Å². The molecule has 0 aliphatic carbocycles. The third kappa shape index (κ3) is 4.99. The van der Waals surface area contributed by atoms with Crippen molar-refractivity contribution in [1.82, 2.24) is 4.90 Å². The van der Waals surface area contributed by atoms with E-state index in [1.807, 2.05) is 91.0 Å². The minimum Gasteiger partial charge on any atom is -0.441 e. The molecule has 1 saturated heterocycles. The van der Waals surface area contributed by atoms with Gasteiger partial charge in [-0.25, -0.2) is 4.79 Å². The van der Waals surface area contributed by atoms with Gasteiger partial charge in [-0.1, -0.05) is 96.1 Å². The minimum absolute atomic E-state index is 0.0653. The SMILES string of the molecule is C#CCCN1C(=O)O[C@H](COC(c2ccccc2)(c2ccccc2)c2ccccc2)[C@H]1CN=[N+]=[N-]. The monoisotopic (exact) mass is 466 g/mol. The van der Waals surface area contributed by atoms with Crippen molar-refractivity contribution in [2.24, 2.45) is 5.11 Å². The molecular weight excluding hydrogens is 440 g/mol. The average Bonchev–Trinajstić information content (AvgIpc) is 3.22. The van der Waals surface area contributed by atoms with E-state index < -0.39 is 23.8 Å². The molecule has 0 aromatic heterocycles. The zero-order chi connectivity index (χ0) is 24.5. The zero-order valence-electron chi connectivity index (χ0n) is 19.2. The predicted molar refractivity (Wildman–Crippen MR) is 133 cm³/mol. The second-order valence-electron chi connectivity index (χ2n) is 8.14. The van der Waals surface area contributed by atoms with Gasteiger partial charge in [-0.2, -0.15) is 0 Å². The Labute approximate surface area is 204 Å². The van der Waals surface area contributed by atoms with Gasteiger partial charge in [-0.15, -0.1) is 12.3 Å². The number of hydrogen-bond donors (Lipinski definition) is 0. The first-order valence-electron chi connectivity index (χ1n) is 11.4. The standard InChI is InChI=1S/C28H26N4O3/c1-2-3-19-32-25(20-30-31-29)26(35-27(32)33)21-34-28(22-13-7-4-8-14-22,23-15-9-5-10-16-23)24-17-11-6-12-18-24/h1,4-18,25-26H,3,19-21H2/t25-,26-/m1/s1. The van der Waals surface area contributed by atoms with E-state index in [9.17, 15) is 4.79 Å². The number of hydrogen-bond acceptors (Lipinski definition) is 4. The number of benzene rings is 3. The number of terminal acetylenes is 1. The van der Waals surface area contributed by atoms with Gasteiger partial charge in [0, 0.05) is 17.9 Å². The second-order valence-corrected chi connectivity index (χ2v) is 8.14. The molecule has 4 rings (SSSR count). The summed E-state index contributed by atoms with van der Waals surface area (Å²) in [4.78, 5) is 17.0. The number of rotatable bonds is 10. The summed E-state index contributed by atoms with van der Waals surface area (Å²) in [5.74, 6) is 2.54. The number of cyclic esters (lactones) is 1. The lowest BCUT2D eigenvalue weighted by Gasteiger charge is -2.37. The van der Waals surface area contributed by atoms with E-state index in [4.69, 9.17) is 21.4 Å². The topological polar surface area (TPSA) is 87.5 Å². The average molecular weight is 467 g/mol. The number of ether oxygens (including phenoxy) is 2. The van der Waals surface area contributed by atoms with Crippen LogP contribution in [-0.4, -0.2) is 42.8 Å². The van der Waals surface area contributed by atoms with Crippen molar-refractivity contribution in [2.45, 2.75) is 24.2 Å². The Bertz CT molecular complexity index is 1110. The van der Waals surface area contributed by atoms with Crippen LogP contribution in [0.3, 0.4) is 0 Å². The normalized spacial score (nSPS) is 17.3. The molecule has 176 valence electrons. The highest BCUT2D eigenvalue weighted by Crippen LogP contribution is 2.41. The molecular formula is C28H26N4O3. The molecule has 0 unspecified atom stereocenters. The Morgan fingerprint density at radius 1 is 0.971 bits per heavy atom.